The largest absolute Gasteiger partial charge is 0.365 e. The van der Waals surface area contributed by atoms with Crippen LogP contribution in [0.1, 0.15) is 30.3 Å². The van der Waals surface area contributed by atoms with Gasteiger partial charge in [-0.25, -0.2) is 0 Å². The maximum absolute atomic E-state index is 11.8. The van der Waals surface area contributed by atoms with E-state index in [4.69, 9.17) is 5.73 Å². The van der Waals surface area contributed by atoms with E-state index < -0.39 is 0 Å². The number of carbonyl (C=O) groups is 1. The number of pyridine rings is 1. The first-order valence-corrected chi connectivity index (χ1v) is 6.64. The first-order valence-electron chi connectivity index (χ1n) is 6.64. The molecule has 5 heteroatoms. The molecule has 0 aliphatic rings. The van der Waals surface area contributed by atoms with Crippen LogP contribution in [0, 0.1) is 13.8 Å². The van der Waals surface area contributed by atoms with Gasteiger partial charge in [0.25, 0.3) is 0 Å². The van der Waals surface area contributed by atoms with Gasteiger partial charge in [-0.15, -0.1) is 0 Å². The van der Waals surface area contributed by atoms with E-state index in [-0.39, 0.29) is 5.91 Å². The Hall–Kier alpha value is -1.62. The number of carbonyl (C=O) groups excluding carboxylic acids is 1. The first kappa shape index (κ1) is 15.4. The normalized spacial score (nSPS) is 10.4. The molecule has 0 aliphatic carbocycles. The highest BCUT2D eigenvalue weighted by molar-refractivity contribution is 5.81. The molecule has 0 aliphatic heterocycles. The molecule has 1 heterocycles. The molecule has 0 aromatic carbocycles. The van der Waals surface area contributed by atoms with Crippen molar-refractivity contribution >= 4 is 11.6 Å². The van der Waals surface area contributed by atoms with Crippen molar-refractivity contribution in [1.82, 2.24) is 10.3 Å². The first-order chi connectivity index (χ1) is 8.99. The van der Waals surface area contributed by atoms with Crippen molar-refractivity contribution < 1.29 is 4.79 Å². The van der Waals surface area contributed by atoms with Crippen LogP contribution >= 0.6 is 0 Å². The second kappa shape index (κ2) is 7.09. The van der Waals surface area contributed by atoms with E-state index in [2.05, 4.69) is 10.3 Å². The lowest BCUT2D eigenvalue weighted by atomic mass is 10.1. The maximum atomic E-state index is 11.8. The summed E-state index contributed by atoms with van der Waals surface area (Å²) in [5.74, 6) is 0.0273. The summed E-state index contributed by atoms with van der Waals surface area (Å²) in [6.07, 6.45) is 0.941. The molecule has 3 N–H and O–H groups in total. The van der Waals surface area contributed by atoms with Crippen molar-refractivity contribution in [1.29, 1.82) is 0 Å². The summed E-state index contributed by atoms with van der Waals surface area (Å²) in [6, 6.07) is 1.97. The van der Waals surface area contributed by atoms with E-state index in [1.54, 1.807) is 0 Å². The summed E-state index contributed by atoms with van der Waals surface area (Å²) in [5.41, 5.74) is 9.63. The predicted molar refractivity (Wildman–Crippen MR) is 78.2 cm³/mol. The zero-order chi connectivity index (χ0) is 14.4. The molecule has 1 aromatic heterocycles. The molecule has 1 aromatic rings. The predicted octanol–water partition coefficient (Wildman–Crippen LogP) is 1.12. The quantitative estimate of drug-likeness (QED) is 0.807. The highest BCUT2D eigenvalue weighted by atomic mass is 16.2. The highest BCUT2D eigenvalue weighted by Gasteiger charge is 2.13. The SMILES string of the molecule is CCCNC(=O)CN(C)c1cc(C)nc(C)c1CN. The Morgan fingerprint density at radius 2 is 2.16 bits per heavy atom. The van der Waals surface area contributed by atoms with E-state index in [0.717, 1.165) is 29.1 Å². The lowest BCUT2D eigenvalue weighted by molar-refractivity contribution is -0.119. The van der Waals surface area contributed by atoms with Crippen LogP contribution < -0.4 is 16.0 Å². The van der Waals surface area contributed by atoms with Gasteiger partial charge in [0, 0.05) is 42.8 Å². The van der Waals surface area contributed by atoms with Gasteiger partial charge in [-0.1, -0.05) is 6.92 Å². The molecule has 0 spiro atoms. The van der Waals surface area contributed by atoms with Crippen molar-refractivity contribution in [2.45, 2.75) is 33.7 Å². The monoisotopic (exact) mass is 264 g/mol. The van der Waals surface area contributed by atoms with Gasteiger partial charge in [-0.05, 0) is 26.3 Å². The lowest BCUT2D eigenvalue weighted by Gasteiger charge is -2.23. The van der Waals surface area contributed by atoms with Crippen molar-refractivity contribution in [3.05, 3.63) is 23.0 Å². The van der Waals surface area contributed by atoms with Gasteiger partial charge in [0.15, 0.2) is 0 Å². The van der Waals surface area contributed by atoms with Gasteiger partial charge < -0.3 is 16.0 Å². The van der Waals surface area contributed by atoms with E-state index in [0.29, 0.717) is 19.6 Å². The van der Waals surface area contributed by atoms with E-state index in [1.165, 1.54) is 0 Å². The number of likely N-dealkylation sites (N-methyl/N-ethyl adjacent to an activating group) is 1. The standard InChI is InChI=1S/C14H24N4O/c1-5-6-16-14(19)9-18(4)13-7-10(2)17-11(3)12(13)8-15/h7H,5-6,8-9,15H2,1-4H3,(H,16,19). The van der Waals surface area contributed by atoms with Gasteiger partial charge in [0.2, 0.25) is 5.91 Å². The molecule has 0 unspecified atom stereocenters. The summed E-state index contributed by atoms with van der Waals surface area (Å²) >= 11 is 0. The van der Waals surface area contributed by atoms with Crippen LogP contribution in [-0.2, 0) is 11.3 Å². The number of nitrogens with two attached hydrogens (primary N) is 1. The molecule has 0 fully saturated rings. The smallest absolute Gasteiger partial charge is 0.239 e. The minimum Gasteiger partial charge on any atom is -0.365 e. The zero-order valence-corrected chi connectivity index (χ0v) is 12.3. The zero-order valence-electron chi connectivity index (χ0n) is 12.3. The van der Waals surface area contributed by atoms with Crippen LogP contribution in [0.4, 0.5) is 5.69 Å². The number of nitrogens with zero attached hydrogens (tertiary/aromatic N) is 2. The molecule has 1 rings (SSSR count). The minimum absolute atomic E-state index is 0.0273. The van der Waals surface area contributed by atoms with Gasteiger partial charge in [0.1, 0.15) is 0 Å². The van der Waals surface area contributed by atoms with Gasteiger partial charge in [-0.2, -0.15) is 0 Å². The molecule has 0 radical (unpaired) electrons. The second-order valence-corrected chi connectivity index (χ2v) is 4.76. The van der Waals surface area contributed by atoms with Gasteiger partial charge >= 0.3 is 0 Å². The van der Waals surface area contributed by atoms with Crippen LogP contribution in [0.5, 0.6) is 0 Å². The van der Waals surface area contributed by atoms with Crippen LogP contribution in [-0.4, -0.2) is 31.0 Å². The molecule has 0 bridgehead atoms. The number of nitrogens with one attached hydrogen (secondary N) is 1. The third kappa shape index (κ3) is 4.21. The highest BCUT2D eigenvalue weighted by Crippen LogP contribution is 2.22. The van der Waals surface area contributed by atoms with Crippen molar-refractivity contribution in [3.8, 4) is 0 Å². The Morgan fingerprint density at radius 3 is 2.74 bits per heavy atom. The number of hydrogen-bond donors (Lipinski definition) is 2. The number of aryl methyl sites for hydroxylation is 2. The van der Waals surface area contributed by atoms with Crippen molar-refractivity contribution in [2.24, 2.45) is 5.73 Å². The van der Waals surface area contributed by atoms with Gasteiger partial charge in [0.05, 0.1) is 6.54 Å². The molecule has 19 heavy (non-hydrogen) atoms. The summed E-state index contributed by atoms with van der Waals surface area (Å²) in [7, 11) is 1.90. The van der Waals surface area contributed by atoms with E-state index in [9.17, 15) is 4.79 Å². The summed E-state index contributed by atoms with van der Waals surface area (Å²) in [6.45, 7) is 7.40. The topological polar surface area (TPSA) is 71.2 Å². The fourth-order valence-electron chi connectivity index (χ4n) is 2.05. The number of rotatable bonds is 6. The van der Waals surface area contributed by atoms with E-state index in [1.807, 2.05) is 38.8 Å². The summed E-state index contributed by atoms with van der Waals surface area (Å²) in [4.78, 5) is 18.1. The molecular weight excluding hydrogens is 240 g/mol. The Morgan fingerprint density at radius 1 is 1.47 bits per heavy atom. The average molecular weight is 264 g/mol. The summed E-state index contributed by atoms with van der Waals surface area (Å²) in [5, 5.41) is 2.87. The average Bonchev–Trinajstić information content (AvgIpc) is 2.35. The summed E-state index contributed by atoms with van der Waals surface area (Å²) < 4.78 is 0. The molecule has 0 saturated carbocycles. The molecule has 0 atom stereocenters. The molecule has 0 saturated heterocycles. The van der Waals surface area contributed by atoms with Crippen LogP contribution in [0.2, 0.25) is 0 Å². The molecular formula is C14H24N4O. The van der Waals surface area contributed by atoms with Crippen LogP contribution in [0.15, 0.2) is 6.07 Å². The fraction of sp³-hybridized carbons (Fsp3) is 0.571. The Bertz CT molecular complexity index is 445. The second-order valence-electron chi connectivity index (χ2n) is 4.76. The van der Waals surface area contributed by atoms with Gasteiger partial charge in [-0.3, -0.25) is 9.78 Å². The third-order valence-corrected chi connectivity index (χ3v) is 3.00. The molecule has 1 amide bonds. The lowest BCUT2D eigenvalue weighted by Crippen LogP contribution is -2.36. The Labute approximate surface area is 115 Å². The fourth-order valence-corrected chi connectivity index (χ4v) is 2.05. The maximum Gasteiger partial charge on any atom is 0.239 e. The number of aromatic nitrogens is 1. The Balaban J connectivity index is 2.86. The van der Waals surface area contributed by atoms with Crippen molar-refractivity contribution in [3.63, 3.8) is 0 Å². The number of amides is 1. The Kier molecular flexibility index (Phi) is 5.76. The minimum atomic E-state index is 0.0273. The van der Waals surface area contributed by atoms with Crippen LogP contribution in [0.3, 0.4) is 0 Å². The van der Waals surface area contributed by atoms with Crippen LogP contribution in [0.25, 0.3) is 0 Å². The molecule has 5 nitrogen and oxygen atoms in total. The van der Waals surface area contributed by atoms with Crippen molar-refractivity contribution in [2.75, 3.05) is 25.0 Å². The number of hydrogen-bond acceptors (Lipinski definition) is 4. The molecule has 106 valence electrons. The third-order valence-electron chi connectivity index (χ3n) is 3.00. The number of anilines is 1. The van der Waals surface area contributed by atoms with E-state index >= 15 is 0 Å².